The van der Waals surface area contributed by atoms with Crippen LogP contribution in [-0.2, 0) is 6.42 Å². The van der Waals surface area contributed by atoms with Crippen LogP contribution in [0.1, 0.15) is 52.3 Å². The molecule has 0 aliphatic rings. The molecule has 1 aromatic rings. The van der Waals surface area contributed by atoms with Gasteiger partial charge in [0.2, 0.25) is 17.1 Å². The van der Waals surface area contributed by atoms with Crippen LogP contribution >= 0.6 is 0 Å². The minimum absolute atomic E-state index is 0.0797. The first-order valence-electron chi connectivity index (χ1n) is 10.3. The Morgan fingerprint density at radius 2 is 1.87 bits per heavy atom. The summed E-state index contributed by atoms with van der Waals surface area (Å²) in [4.78, 5) is 15.5. The second kappa shape index (κ2) is 12.2. The molecule has 30 heavy (non-hydrogen) atoms. The molecular weight excluding hydrogens is 378 g/mol. The molecule has 0 amide bonds. The fraction of sp³-hybridized carbons (Fsp3) is 0.480. The number of rotatable bonds is 10. The number of hydrogen-bond acceptors (Lipinski definition) is 4. The van der Waals surface area contributed by atoms with Crippen LogP contribution in [0.15, 0.2) is 51.9 Å². The number of aliphatic hydroxyl groups is 1. The summed E-state index contributed by atoms with van der Waals surface area (Å²) < 4.78 is 10.4. The monoisotopic (exact) mass is 415 g/mol. The van der Waals surface area contributed by atoms with Crippen molar-refractivity contribution < 1.29 is 14.6 Å². The molecule has 5 heteroatoms. The normalized spacial score (nSPS) is 15.4. The molecule has 0 fully saturated rings. The average Bonchev–Trinajstić information content (AvgIpc) is 2.73. The van der Waals surface area contributed by atoms with Gasteiger partial charge < -0.3 is 19.6 Å². The second-order valence-corrected chi connectivity index (χ2v) is 7.73. The van der Waals surface area contributed by atoms with Crippen molar-refractivity contribution in [2.75, 3.05) is 14.2 Å². The predicted octanol–water partition coefficient (Wildman–Crippen LogP) is 5.05. The molecule has 0 aliphatic carbocycles. The van der Waals surface area contributed by atoms with Crippen molar-refractivity contribution in [1.29, 1.82) is 0 Å². The van der Waals surface area contributed by atoms with Gasteiger partial charge in [0.15, 0.2) is 0 Å². The van der Waals surface area contributed by atoms with Gasteiger partial charge in [0.1, 0.15) is 0 Å². The molecular formula is C25H37NO4. The minimum Gasteiger partial charge on any atom is -0.488 e. The summed E-state index contributed by atoms with van der Waals surface area (Å²) in [6.45, 7) is 11.8. The fourth-order valence-electron chi connectivity index (χ4n) is 3.19. The zero-order valence-electron chi connectivity index (χ0n) is 19.6. The highest BCUT2D eigenvalue weighted by Crippen LogP contribution is 2.22. The molecule has 5 nitrogen and oxygen atoms in total. The van der Waals surface area contributed by atoms with Gasteiger partial charge in [-0.1, -0.05) is 48.5 Å². The molecule has 1 aromatic heterocycles. The van der Waals surface area contributed by atoms with Gasteiger partial charge in [-0.2, -0.15) is 0 Å². The molecule has 0 aromatic carbocycles. The summed E-state index contributed by atoms with van der Waals surface area (Å²) in [5.74, 6) is 0.622. The summed E-state index contributed by atoms with van der Waals surface area (Å²) in [6, 6.07) is 0. The summed E-state index contributed by atoms with van der Waals surface area (Å²) >= 11 is 0. The number of aromatic nitrogens is 1. The van der Waals surface area contributed by atoms with Gasteiger partial charge in [0, 0.05) is 23.6 Å². The lowest BCUT2D eigenvalue weighted by Gasteiger charge is -2.17. The maximum atomic E-state index is 12.4. The zero-order valence-corrected chi connectivity index (χ0v) is 19.6. The molecule has 0 saturated heterocycles. The third-order valence-electron chi connectivity index (χ3n) is 5.29. The van der Waals surface area contributed by atoms with E-state index >= 15 is 0 Å². The van der Waals surface area contributed by atoms with Crippen molar-refractivity contribution in [2.24, 2.45) is 5.92 Å². The van der Waals surface area contributed by atoms with E-state index in [2.05, 4.69) is 36.2 Å². The van der Waals surface area contributed by atoms with E-state index < -0.39 is 6.10 Å². The number of hydrogen-bond donors (Lipinski definition) is 2. The van der Waals surface area contributed by atoms with E-state index in [0.717, 1.165) is 23.3 Å². The number of aromatic amines is 1. The third kappa shape index (κ3) is 7.06. The number of allylic oxidation sites excluding steroid dienone is 6. The van der Waals surface area contributed by atoms with Crippen molar-refractivity contribution in [3.63, 3.8) is 0 Å². The number of H-pyrrole nitrogens is 1. The Kier molecular flexibility index (Phi) is 10.4. The number of ether oxygens (including phenoxy) is 2. The Morgan fingerprint density at radius 1 is 1.20 bits per heavy atom. The van der Waals surface area contributed by atoms with Crippen molar-refractivity contribution in [2.45, 2.75) is 60.5 Å². The van der Waals surface area contributed by atoms with Crippen LogP contribution in [0.25, 0.3) is 0 Å². The minimum atomic E-state index is -0.442. The Labute approximate surface area is 180 Å². The standard InChI is InChI=1S/C25H37NO4/c1-9-18(4)22(27)19(5)15-17(3)12-10-11-16(2)13-14-21-20(6)23(28)24(29-7)25(26-21)30-8/h9-11,13,15,19,22,27H,12,14H2,1-8H3,(H,26,28)/b11-10+,16-13+,17-15+,18-9+/t19-,22+/m1/s1. The SMILES string of the molecule is C/C=C(\C)[C@H](O)[C@H](C)/C=C(\C)C/C=C/C(C)=C/Cc1[nH]c(OC)c(OC)c(=O)c1C. The van der Waals surface area contributed by atoms with Gasteiger partial charge in [0.05, 0.1) is 20.3 Å². The lowest BCUT2D eigenvalue weighted by Crippen LogP contribution is -2.17. The molecule has 2 N–H and O–H groups in total. The van der Waals surface area contributed by atoms with E-state index in [1.807, 2.05) is 33.8 Å². The maximum Gasteiger partial charge on any atom is 0.238 e. The number of nitrogens with one attached hydrogen (secondary N) is 1. The highest BCUT2D eigenvalue weighted by molar-refractivity contribution is 5.40. The highest BCUT2D eigenvalue weighted by Gasteiger charge is 2.15. The summed E-state index contributed by atoms with van der Waals surface area (Å²) in [5, 5.41) is 10.3. The van der Waals surface area contributed by atoms with Crippen molar-refractivity contribution in [1.82, 2.24) is 4.98 Å². The molecule has 166 valence electrons. The molecule has 0 unspecified atom stereocenters. The van der Waals surface area contributed by atoms with E-state index in [-0.39, 0.29) is 17.1 Å². The molecule has 0 saturated carbocycles. The van der Waals surface area contributed by atoms with Crippen LogP contribution in [0.3, 0.4) is 0 Å². The van der Waals surface area contributed by atoms with Crippen LogP contribution in [0, 0.1) is 12.8 Å². The Hall–Kier alpha value is -2.53. The molecule has 0 aliphatic heterocycles. The smallest absolute Gasteiger partial charge is 0.238 e. The van der Waals surface area contributed by atoms with Gasteiger partial charge in [-0.3, -0.25) is 4.79 Å². The summed E-state index contributed by atoms with van der Waals surface area (Å²) in [7, 11) is 2.97. The largest absolute Gasteiger partial charge is 0.488 e. The lowest BCUT2D eigenvalue weighted by atomic mass is 9.95. The predicted molar refractivity (Wildman–Crippen MR) is 124 cm³/mol. The van der Waals surface area contributed by atoms with E-state index in [9.17, 15) is 9.90 Å². The topological polar surface area (TPSA) is 71.6 Å². The van der Waals surface area contributed by atoms with Crippen LogP contribution in [0.4, 0.5) is 0 Å². The van der Waals surface area contributed by atoms with E-state index in [1.165, 1.54) is 19.8 Å². The third-order valence-corrected chi connectivity index (χ3v) is 5.29. The Bertz CT molecular complexity index is 887. The number of pyridine rings is 1. The molecule has 2 atom stereocenters. The Balaban J connectivity index is 2.81. The van der Waals surface area contributed by atoms with E-state index in [1.54, 1.807) is 6.92 Å². The van der Waals surface area contributed by atoms with Crippen molar-refractivity contribution in [3.05, 3.63) is 68.6 Å². The van der Waals surface area contributed by atoms with Gasteiger partial charge in [-0.05, 0) is 46.6 Å². The maximum absolute atomic E-state index is 12.4. The van der Waals surface area contributed by atoms with Crippen LogP contribution < -0.4 is 14.9 Å². The first-order valence-corrected chi connectivity index (χ1v) is 10.3. The summed E-state index contributed by atoms with van der Waals surface area (Å²) in [6.07, 6.45) is 11.3. The average molecular weight is 416 g/mol. The van der Waals surface area contributed by atoms with Gasteiger partial charge in [-0.25, -0.2) is 0 Å². The van der Waals surface area contributed by atoms with Gasteiger partial charge in [-0.15, -0.1) is 0 Å². The molecule has 0 bridgehead atoms. The van der Waals surface area contributed by atoms with Gasteiger partial charge >= 0.3 is 0 Å². The fourth-order valence-corrected chi connectivity index (χ4v) is 3.19. The van der Waals surface area contributed by atoms with E-state index in [0.29, 0.717) is 17.9 Å². The van der Waals surface area contributed by atoms with Crippen molar-refractivity contribution >= 4 is 0 Å². The molecule has 1 heterocycles. The summed E-state index contributed by atoms with van der Waals surface area (Å²) in [5.41, 5.74) is 4.59. The van der Waals surface area contributed by atoms with Crippen LogP contribution in [-0.4, -0.2) is 30.4 Å². The van der Waals surface area contributed by atoms with Crippen molar-refractivity contribution in [3.8, 4) is 11.6 Å². The first kappa shape index (κ1) is 25.5. The van der Waals surface area contributed by atoms with Crippen LogP contribution in [0.2, 0.25) is 0 Å². The highest BCUT2D eigenvalue weighted by atomic mass is 16.5. The van der Waals surface area contributed by atoms with Crippen LogP contribution in [0.5, 0.6) is 11.6 Å². The number of aliphatic hydroxyl groups excluding tert-OH is 1. The zero-order chi connectivity index (χ0) is 22.8. The van der Waals surface area contributed by atoms with E-state index in [4.69, 9.17) is 9.47 Å². The quantitative estimate of drug-likeness (QED) is 0.415. The molecule has 0 radical (unpaired) electrons. The lowest BCUT2D eigenvalue weighted by molar-refractivity contribution is 0.172. The Morgan fingerprint density at radius 3 is 2.43 bits per heavy atom. The molecule has 0 spiro atoms. The molecule has 1 rings (SSSR count). The first-order chi connectivity index (χ1) is 14.2. The number of methoxy groups -OCH3 is 2. The second-order valence-electron chi connectivity index (χ2n) is 7.73. The van der Waals surface area contributed by atoms with Gasteiger partial charge in [0.25, 0.3) is 0 Å².